The number of hydrogen-bond acceptors (Lipinski definition) is 4. The molecule has 0 spiro atoms. The SMILES string of the molecule is COC1CCN(C(=O)C(=O)NCC#N)C1. The minimum atomic E-state index is -0.728. The third kappa shape index (κ3) is 2.92. The van der Waals surface area contributed by atoms with Gasteiger partial charge in [-0.2, -0.15) is 5.26 Å². The van der Waals surface area contributed by atoms with Crippen LogP contribution in [-0.2, 0) is 14.3 Å². The van der Waals surface area contributed by atoms with Crippen LogP contribution in [-0.4, -0.2) is 49.6 Å². The maximum atomic E-state index is 11.5. The van der Waals surface area contributed by atoms with Crippen LogP contribution in [0.1, 0.15) is 6.42 Å². The zero-order chi connectivity index (χ0) is 11.3. The molecule has 1 fully saturated rings. The molecule has 6 nitrogen and oxygen atoms in total. The Morgan fingerprint density at radius 2 is 2.40 bits per heavy atom. The molecule has 15 heavy (non-hydrogen) atoms. The lowest BCUT2D eigenvalue weighted by molar-refractivity contribution is -0.145. The lowest BCUT2D eigenvalue weighted by atomic mass is 10.3. The topological polar surface area (TPSA) is 82.4 Å². The number of nitrogens with zero attached hydrogens (tertiary/aromatic N) is 2. The Balaban J connectivity index is 2.41. The average Bonchev–Trinajstić information content (AvgIpc) is 2.73. The molecule has 6 heteroatoms. The van der Waals surface area contributed by atoms with Crippen molar-refractivity contribution in [2.45, 2.75) is 12.5 Å². The molecule has 1 N–H and O–H groups in total. The number of nitriles is 1. The number of amides is 2. The van der Waals surface area contributed by atoms with E-state index in [9.17, 15) is 9.59 Å². The molecule has 1 aliphatic heterocycles. The van der Waals surface area contributed by atoms with Crippen LogP contribution in [0.2, 0.25) is 0 Å². The molecule has 1 aliphatic rings. The molecular weight excluding hydrogens is 198 g/mol. The van der Waals surface area contributed by atoms with Crippen molar-refractivity contribution in [2.24, 2.45) is 0 Å². The van der Waals surface area contributed by atoms with E-state index >= 15 is 0 Å². The highest BCUT2D eigenvalue weighted by Gasteiger charge is 2.29. The van der Waals surface area contributed by atoms with Gasteiger partial charge in [0.05, 0.1) is 12.2 Å². The predicted octanol–water partition coefficient (Wildman–Crippen LogP) is -1.13. The maximum Gasteiger partial charge on any atom is 0.311 e. The van der Waals surface area contributed by atoms with E-state index in [0.717, 1.165) is 6.42 Å². The van der Waals surface area contributed by atoms with Crippen LogP contribution in [0.5, 0.6) is 0 Å². The van der Waals surface area contributed by atoms with E-state index in [2.05, 4.69) is 5.32 Å². The quantitative estimate of drug-likeness (QED) is 0.463. The molecule has 0 aliphatic carbocycles. The fourth-order valence-electron chi connectivity index (χ4n) is 1.44. The Labute approximate surface area is 87.8 Å². The van der Waals surface area contributed by atoms with E-state index in [1.165, 1.54) is 4.90 Å². The molecule has 0 aromatic rings. The first-order valence-electron chi connectivity index (χ1n) is 4.66. The lowest BCUT2D eigenvalue weighted by Crippen LogP contribution is -2.42. The molecule has 0 saturated carbocycles. The van der Waals surface area contributed by atoms with Gasteiger partial charge >= 0.3 is 11.8 Å². The fourth-order valence-corrected chi connectivity index (χ4v) is 1.44. The summed E-state index contributed by atoms with van der Waals surface area (Å²) in [4.78, 5) is 24.1. The molecule has 0 aromatic carbocycles. The van der Waals surface area contributed by atoms with Gasteiger partial charge in [-0.15, -0.1) is 0 Å². The van der Waals surface area contributed by atoms with Gasteiger partial charge in [-0.05, 0) is 6.42 Å². The molecule has 1 unspecified atom stereocenters. The summed E-state index contributed by atoms with van der Waals surface area (Å²) in [5.74, 6) is -1.32. The first-order valence-corrected chi connectivity index (χ1v) is 4.66. The monoisotopic (exact) mass is 211 g/mol. The largest absolute Gasteiger partial charge is 0.380 e. The van der Waals surface area contributed by atoms with Crippen molar-refractivity contribution in [3.63, 3.8) is 0 Å². The third-order valence-electron chi connectivity index (χ3n) is 2.29. The van der Waals surface area contributed by atoms with E-state index in [1.807, 2.05) is 0 Å². The van der Waals surface area contributed by atoms with Gasteiger partial charge < -0.3 is 15.0 Å². The average molecular weight is 211 g/mol. The van der Waals surface area contributed by atoms with Crippen molar-refractivity contribution in [1.29, 1.82) is 5.26 Å². The molecule has 1 saturated heterocycles. The highest BCUT2D eigenvalue weighted by Crippen LogP contribution is 2.11. The van der Waals surface area contributed by atoms with Gasteiger partial charge in [0.25, 0.3) is 0 Å². The number of methoxy groups -OCH3 is 1. The number of carbonyl (C=O) groups excluding carboxylic acids is 2. The van der Waals surface area contributed by atoms with Crippen molar-refractivity contribution in [2.75, 3.05) is 26.7 Å². The zero-order valence-electron chi connectivity index (χ0n) is 8.52. The van der Waals surface area contributed by atoms with Crippen molar-refractivity contribution >= 4 is 11.8 Å². The highest BCUT2D eigenvalue weighted by atomic mass is 16.5. The van der Waals surface area contributed by atoms with E-state index in [1.54, 1.807) is 13.2 Å². The van der Waals surface area contributed by atoms with Crippen LogP contribution >= 0.6 is 0 Å². The maximum absolute atomic E-state index is 11.5. The van der Waals surface area contributed by atoms with Crippen LogP contribution in [0.3, 0.4) is 0 Å². The van der Waals surface area contributed by atoms with Gasteiger partial charge in [-0.3, -0.25) is 9.59 Å². The molecule has 1 heterocycles. The third-order valence-corrected chi connectivity index (χ3v) is 2.29. The Morgan fingerprint density at radius 1 is 1.67 bits per heavy atom. The van der Waals surface area contributed by atoms with Crippen molar-refractivity contribution in [1.82, 2.24) is 10.2 Å². The number of likely N-dealkylation sites (tertiary alicyclic amines) is 1. The Morgan fingerprint density at radius 3 is 2.93 bits per heavy atom. The Bertz CT molecular complexity index is 297. The summed E-state index contributed by atoms with van der Waals surface area (Å²) in [6, 6.07) is 1.74. The van der Waals surface area contributed by atoms with Crippen molar-refractivity contribution in [3.05, 3.63) is 0 Å². The molecule has 1 rings (SSSR count). The molecule has 2 amide bonds. The molecular formula is C9H13N3O3. The minimum absolute atomic E-state index is 0.0118. The molecule has 1 atom stereocenters. The first kappa shape index (κ1) is 11.5. The van der Waals surface area contributed by atoms with Gasteiger partial charge in [0.1, 0.15) is 6.54 Å². The predicted molar refractivity (Wildman–Crippen MR) is 50.6 cm³/mol. The smallest absolute Gasteiger partial charge is 0.311 e. The zero-order valence-corrected chi connectivity index (χ0v) is 8.52. The van der Waals surface area contributed by atoms with E-state index in [4.69, 9.17) is 10.00 Å². The van der Waals surface area contributed by atoms with Gasteiger partial charge in [0.15, 0.2) is 0 Å². The fraction of sp³-hybridized carbons (Fsp3) is 0.667. The lowest BCUT2D eigenvalue weighted by Gasteiger charge is -2.14. The second-order valence-electron chi connectivity index (χ2n) is 3.24. The van der Waals surface area contributed by atoms with Crippen molar-refractivity contribution in [3.8, 4) is 6.07 Å². The van der Waals surface area contributed by atoms with Gasteiger partial charge in [0.2, 0.25) is 0 Å². The number of hydrogen-bond donors (Lipinski definition) is 1. The van der Waals surface area contributed by atoms with Gasteiger partial charge in [0, 0.05) is 20.2 Å². The van der Waals surface area contributed by atoms with Crippen LogP contribution in [0.4, 0.5) is 0 Å². The normalized spacial score (nSPS) is 19.7. The van der Waals surface area contributed by atoms with Gasteiger partial charge in [-0.1, -0.05) is 0 Å². The summed E-state index contributed by atoms with van der Waals surface area (Å²) in [7, 11) is 1.58. The molecule has 0 bridgehead atoms. The van der Waals surface area contributed by atoms with Crippen molar-refractivity contribution < 1.29 is 14.3 Å². The standard InChI is InChI=1S/C9H13N3O3/c1-15-7-2-5-12(6-7)9(14)8(13)11-4-3-10/h7H,2,4-6H2,1H3,(H,11,13). The van der Waals surface area contributed by atoms with Crippen LogP contribution in [0.25, 0.3) is 0 Å². The molecule has 82 valence electrons. The summed E-state index contributed by atoms with van der Waals surface area (Å²) in [5, 5.41) is 10.4. The Kier molecular flexibility index (Phi) is 4.06. The summed E-state index contributed by atoms with van der Waals surface area (Å²) in [5.41, 5.74) is 0. The summed E-state index contributed by atoms with van der Waals surface area (Å²) >= 11 is 0. The number of rotatable bonds is 2. The summed E-state index contributed by atoms with van der Waals surface area (Å²) < 4.78 is 5.07. The summed E-state index contributed by atoms with van der Waals surface area (Å²) in [6.07, 6.45) is 0.756. The number of nitrogens with one attached hydrogen (secondary N) is 1. The van der Waals surface area contributed by atoms with E-state index < -0.39 is 11.8 Å². The minimum Gasteiger partial charge on any atom is -0.380 e. The number of ether oxygens (including phenoxy) is 1. The molecule has 0 aromatic heterocycles. The van der Waals surface area contributed by atoms with Gasteiger partial charge in [-0.25, -0.2) is 0 Å². The molecule has 0 radical (unpaired) electrons. The second-order valence-corrected chi connectivity index (χ2v) is 3.24. The van der Waals surface area contributed by atoms with Crippen LogP contribution < -0.4 is 5.32 Å². The summed E-state index contributed by atoms with van der Waals surface area (Å²) in [6.45, 7) is 0.818. The Hall–Kier alpha value is -1.61. The van der Waals surface area contributed by atoms with Crippen LogP contribution in [0, 0.1) is 11.3 Å². The highest BCUT2D eigenvalue weighted by molar-refractivity contribution is 6.35. The second kappa shape index (κ2) is 5.32. The first-order chi connectivity index (χ1) is 7.19. The van der Waals surface area contributed by atoms with E-state index in [0.29, 0.717) is 13.1 Å². The van der Waals surface area contributed by atoms with E-state index in [-0.39, 0.29) is 12.6 Å². The number of carbonyl (C=O) groups is 2. The van der Waals surface area contributed by atoms with Crippen LogP contribution in [0.15, 0.2) is 0 Å².